The zero-order valence-corrected chi connectivity index (χ0v) is 18.7. The van der Waals surface area contributed by atoms with E-state index in [0.717, 1.165) is 12.1 Å². The SMILES string of the molecule is CCOc1cc(F)c(-c2ccc3c(F)c(CCc4cc(F)c(C(F)(F)F)c(F)c4)ccc3c2)c(F)c1. The first-order valence-corrected chi connectivity index (χ1v) is 10.9. The van der Waals surface area contributed by atoms with E-state index < -0.39 is 40.8 Å². The molecule has 0 aliphatic carbocycles. The van der Waals surface area contributed by atoms with Gasteiger partial charge in [0.05, 0.1) is 12.2 Å². The second-order valence-electron chi connectivity index (χ2n) is 8.10. The topological polar surface area (TPSA) is 9.23 Å². The Morgan fingerprint density at radius 2 is 1.36 bits per heavy atom. The molecule has 0 unspecified atom stereocenters. The molecule has 0 saturated carbocycles. The van der Waals surface area contributed by atoms with E-state index in [-0.39, 0.29) is 52.8 Å². The summed E-state index contributed by atoms with van der Waals surface area (Å²) in [5, 5.41) is 0.501. The maximum absolute atomic E-state index is 15.1. The summed E-state index contributed by atoms with van der Waals surface area (Å²) < 4.78 is 115. The van der Waals surface area contributed by atoms with Crippen molar-refractivity contribution in [3.63, 3.8) is 0 Å². The zero-order chi connectivity index (χ0) is 26.2. The quantitative estimate of drug-likeness (QED) is 0.237. The molecule has 0 heterocycles. The number of hydrogen-bond acceptors (Lipinski definition) is 1. The molecule has 4 rings (SSSR count). The van der Waals surface area contributed by atoms with Gasteiger partial charge in [0.25, 0.3) is 0 Å². The van der Waals surface area contributed by atoms with Crippen molar-refractivity contribution in [2.24, 2.45) is 0 Å². The Morgan fingerprint density at radius 1 is 0.722 bits per heavy atom. The van der Waals surface area contributed by atoms with Crippen LogP contribution in [0.1, 0.15) is 23.6 Å². The van der Waals surface area contributed by atoms with E-state index in [1.165, 1.54) is 30.3 Å². The molecule has 9 heteroatoms. The summed E-state index contributed by atoms with van der Waals surface area (Å²) in [6, 6.07) is 10.3. The van der Waals surface area contributed by atoms with Gasteiger partial charge in [-0.05, 0) is 60.0 Å². The van der Waals surface area contributed by atoms with Crippen LogP contribution in [0.4, 0.5) is 35.1 Å². The molecule has 0 aromatic heterocycles. The lowest BCUT2D eigenvalue weighted by Gasteiger charge is -2.12. The van der Waals surface area contributed by atoms with Crippen molar-refractivity contribution in [2.45, 2.75) is 25.9 Å². The van der Waals surface area contributed by atoms with Crippen LogP contribution in [0.3, 0.4) is 0 Å². The number of ether oxygens (including phenoxy) is 1. The molecule has 0 aliphatic rings. The summed E-state index contributed by atoms with van der Waals surface area (Å²) in [7, 11) is 0. The molecule has 0 N–H and O–H groups in total. The molecule has 0 amide bonds. The monoisotopic (exact) mass is 510 g/mol. The third kappa shape index (κ3) is 5.01. The highest BCUT2D eigenvalue weighted by Gasteiger charge is 2.37. The predicted octanol–water partition coefficient (Wildman–Crippen LogP) is 8.41. The van der Waals surface area contributed by atoms with E-state index in [4.69, 9.17) is 4.74 Å². The van der Waals surface area contributed by atoms with Crippen molar-refractivity contribution in [3.8, 4) is 16.9 Å². The molecule has 0 fully saturated rings. The number of rotatable bonds is 6. The van der Waals surface area contributed by atoms with Crippen LogP contribution in [0.15, 0.2) is 54.6 Å². The highest BCUT2D eigenvalue weighted by molar-refractivity contribution is 5.88. The molecule has 4 aromatic carbocycles. The van der Waals surface area contributed by atoms with Crippen LogP contribution in [0.25, 0.3) is 21.9 Å². The normalized spacial score (nSPS) is 11.8. The summed E-state index contributed by atoms with van der Waals surface area (Å²) in [4.78, 5) is 0. The van der Waals surface area contributed by atoms with Gasteiger partial charge in [-0.1, -0.05) is 24.3 Å². The Hall–Kier alpha value is -3.62. The third-order valence-corrected chi connectivity index (χ3v) is 5.72. The number of hydrogen-bond donors (Lipinski definition) is 0. The van der Waals surface area contributed by atoms with E-state index >= 15 is 4.39 Å². The number of alkyl halides is 3. The molecule has 0 spiro atoms. The van der Waals surface area contributed by atoms with Gasteiger partial charge in [0.15, 0.2) is 0 Å². The highest BCUT2D eigenvalue weighted by atomic mass is 19.4. The van der Waals surface area contributed by atoms with Crippen molar-refractivity contribution in [2.75, 3.05) is 6.61 Å². The molecule has 188 valence electrons. The molecule has 4 aromatic rings. The molecule has 36 heavy (non-hydrogen) atoms. The Kier molecular flexibility index (Phi) is 6.93. The summed E-state index contributed by atoms with van der Waals surface area (Å²) in [5.74, 6) is -5.77. The van der Waals surface area contributed by atoms with Crippen molar-refractivity contribution in [1.29, 1.82) is 0 Å². The molecule has 1 nitrogen and oxygen atoms in total. The van der Waals surface area contributed by atoms with Crippen LogP contribution >= 0.6 is 0 Å². The van der Waals surface area contributed by atoms with Crippen LogP contribution in [0.2, 0.25) is 0 Å². The first-order valence-electron chi connectivity index (χ1n) is 10.9. The zero-order valence-electron chi connectivity index (χ0n) is 18.7. The Labute approximate surface area is 200 Å². The molecular formula is C27H18F8O. The summed E-state index contributed by atoms with van der Waals surface area (Å²) in [6.45, 7) is 1.91. The van der Waals surface area contributed by atoms with E-state index in [9.17, 15) is 30.7 Å². The van der Waals surface area contributed by atoms with Gasteiger partial charge in [0.1, 0.15) is 40.4 Å². The fraction of sp³-hybridized carbons (Fsp3) is 0.185. The molecule has 0 aliphatic heterocycles. The molecule has 0 radical (unpaired) electrons. The first kappa shape index (κ1) is 25.5. The van der Waals surface area contributed by atoms with Gasteiger partial charge >= 0.3 is 6.18 Å². The van der Waals surface area contributed by atoms with Gasteiger partial charge in [-0.25, -0.2) is 22.0 Å². The molecule has 0 bridgehead atoms. The van der Waals surface area contributed by atoms with Gasteiger partial charge in [0.2, 0.25) is 0 Å². The smallest absolute Gasteiger partial charge is 0.422 e. The van der Waals surface area contributed by atoms with Crippen LogP contribution in [-0.4, -0.2) is 6.61 Å². The van der Waals surface area contributed by atoms with Crippen molar-refractivity contribution < 1.29 is 39.9 Å². The van der Waals surface area contributed by atoms with Crippen LogP contribution in [-0.2, 0) is 19.0 Å². The van der Waals surface area contributed by atoms with E-state index in [1.807, 2.05) is 0 Å². The summed E-state index contributed by atoms with van der Waals surface area (Å²) in [6.07, 6.45) is -5.34. The van der Waals surface area contributed by atoms with Crippen molar-refractivity contribution >= 4 is 10.8 Å². The molecule has 0 atom stereocenters. The minimum Gasteiger partial charge on any atom is -0.494 e. The second kappa shape index (κ2) is 9.79. The number of fused-ring (bicyclic) bond motifs is 1. The van der Waals surface area contributed by atoms with Gasteiger partial charge in [0, 0.05) is 17.5 Å². The van der Waals surface area contributed by atoms with E-state index in [1.54, 1.807) is 6.92 Å². The standard InChI is InChI=1S/C27H18F8O/c1-2-36-18-12-20(28)24(21(29)13-18)17-7-8-19-16(11-17)6-5-15(26(19)32)4-3-14-9-22(30)25(23(31)10-14)27(33,34)35/h5-13H,2-4H2,1H3. The Balaban J connectivity index is 1.61. The lowest BCUT2D eigenvalue weighted by atomic mass is 9.96. The first-order chi connectivity index (χ1) is 17.0. The number of aryl methyl sites for hydroxylation is 2. The van der Waals surface area contributed by atoms with E-state index in [0.29, 0.717) is 17.5 Å². The minimum absolute atomic E-state index is 0.0422. The van der Waals surface area contributed by atoms with Gasteiger partial charge in [-0.15, -0.1) is 0 Å². The second-order valence-corrected chi connectivity index (χ2v) is 8.10. The van der Waals surface area contributed by atoms with Crippen LogP contribution in [0, 0.1) is 29.1 Å². The number of benzene rings is 4. The maximum Gasteiger partial charge on any atom is 0.422 e. The van der Waals surface area contributed by atoms with Crippen molar-refractivity contribution in [1.82, 2.24) is 0 Å². The van der Waals surface area contributed by atoms with Gasteiger partial charge < -0.3 is 4.74 Å². The third-order valence-electron chi connectivity index (χ3n) is 5.72. The van der Waals surface area contributed by atoms with Crippen molar-refractivity contribution in [3.05, 3.63) is 100 Å². The fourth-order valence-corrected chi connectivity index (χ4v) is 4.08. The molecular weight excluding hydrogens is 492 g/mol. The lowest BCUT2D eigenvalue weighted by molar-refractivity contribution is -0.142. The summed E-state index contributed by atoms with van der Waals surface area (Å²) >= 11 is 0. The fourth-order valence-electron chi connectivity index (χ4n) is 4.08. The summed E-state index contributed by atoms with van der Waals surface area (Å²) in [5.41, 5.74) is -1.98. The van der Waals surface area contributed by atoms with E-state index in [2.05, 4.69) is 0 Å². The predicted molar refractivity (Wildman–Crippen MR) is 119 cm³/mol. The maximum atomic E-state index is 15.1. The largest absolute Gasteiger partial charge is 0.494 e. The Morgan fingerprint density at radius 3 is 1.94 bits per heavy atom. The van der Waals surface area contributed by atoms with Gasteiger partial charge in [-0.3, -0.25) is 0 Å². The average Bonchev–Trinajstić information content (AvgIpc) is 2.77. The number of halogens is 8. The minimum atomic E-state index is -5.17. The molecule has 0 saturated heterocycles. The van der Waals surface area contributed by atoms with Crippen LogP contribution < -0.4 is 4.74 Å². The Bertz CT molecular complexity index is 1400. The highest BCUT2D eigenvalue weighted by Crippen LogP contribution is 2.35. The lowest BCUT2D eigenvalue weighted by Crippen LogP contribution is -2.12. The van der Waals surface area contributed by atoms with Crippen LogP contribution in [0.5, 0.6) is 5.75 Å². The van der Waals surface area contributed by atoms with Gasteiger partial charge in [-0.2, -0.15) is 13.2 Å². The average molecular weight is 510 g/mol.